The zero-order valence-corrected chi connectivity index (χ0v) is 19.6. The molecule has 31 heavy (non-hydrogen) atoms. The summed E-state index contributed by atoms with van der Waals surface area (Å²) in [5, 5.41) is 3.73. The lowest BCUT2D eigenvalue weighted by Crippen LogP contribution is -2.26. The van der Waals surface area contributed by atoms with Crippen LogP contribution >= 0.6 is 11.3 Å². The van der Waals surface area contributed by atoms with Gasteiger partial charge in [-0.15, -0.1) is 11.3 Å². The first-order valence-corrected chi connectivity index (χ1v) is 11.9. The number of rotatable bonds is 5. The quantitative estimate of drug-likeness (QED) is 0.608. The van der Waals surface area contributed by atoms with E-state index in [2.05, 4.69) is 31.1 Å². The van der Waals surface area contributed by atoms with E-state index >= 15 is 0 Å². The number of hydrogen-bond acceptors (Lipinski definition) is 4. The molecule has 0 saturated heterocycles. The number of carbonyl (C=O) groups excluding carboxylic acids is 1. The third-order valence-corrected chi connectivity index (χ3v) is 7.67. The van der Waals surface area contributed by atoms with E-state index in [-0.39, 0.29) is 16.9 Å². The Labute approximate surface area is 187 Å². The van der Waals surface area contributed by atoms with Crippen molar-refractivity contribution in [3.63, 3.8) is 0 Å². The van der Waals surface area contributed by atoms with Crippen molar-refractivity contribution in [1.82, 2.24) is 15.3 Å². The number of benzene rings is 1. The van der Waals surface area contributed by atoms with Crippen molar-refractivity contribution in [2.75, 3.05) is 0 Å². The van der Waals surface area contributed by atoms with Crippen LogP contribution in [-0.4, -0.2) is 15.9 Å². The lowest BCUT2D eigenvalue weighted by molar-refractivity contribution is -0.121. The van der Waals surface area contributed by atoms with Gasteiger partial charge in [0, 0.05) is 24.3 Å². The second kappa shape index (κ2) is 8.58. The molecule has 2 aromatic heterocycles. The lowest BCUT2D eigenvalue weighted by atomic mass is 9.72. The normalized spacial score (nSPS) is 16.3. The first-order valence-electron chi connectivity index (χ1n) is 11.1. The summed E-state index contributed by atoms with van der Waals surface area (Å²) in [6.07, 6.45) is 3.82. The molecule has 1 aliphatic rings. The maximum Gasteiger partial charge on any atom is 0.259 e. The fourth-order valence-corrected chi connectivity index (χ4v) is 5.73. The molecule has 2 N–H and O–H groups in total. The molecule has 6 heteroatoms. The third-order valence-electron chi connectivity index (χ3n) is 6.52. The summed E-state index contributed by atoms with van der Waals surface area (Å²) in [4.78, 5) is 34.9. The lowest BCUT2D eigenvalue weighted by Gasteiger charge is -2.33. The van der Waals surface area contributed by atoms with Gasteiger partial charge in [0.25, 0.3) is 5.56 Å². The first kappa shape index (κ1) is 21.8. The van der Waals surface area contributed by atoms with Crippen LogP contribution in [0.2, 0.25) is 0 Å². The Balaban J connectivity index is 1.44. The van der Waals surface area contributed by atoms with Crippen LogP contribution in [0.15, 0.2) is 29.1 Å². The molecular formula is C25H31N3O2S. The van der Waals surface area contributed by atoms with Gasteiger partial charge in [0.15, 0.2) is 0 Å². The van der Waals surface area contributed by atoms with Gasteiger partial charge in [-0.2, -0.15) is 0 Å². The molecule has 164 valence electrons. The Bertz CT molecular complexity index is 1170. The number of aromatic amines is 1. The number of nitrogens with zero attached hydrogens (tertiary/aromatic N) is 1. The number of H-pyrrole nitrogens is 1. The van der Waals surface area contributed by atoms with Crippen LogP contribution in [-0.2, 0) is 30.6 Å². The predicted molar refractivity (Wildman–Crippen MR) is 127 cm³/mol. The van der Waals surface area contributed by atoms with Crippen LogP contribution in [0.4, 0.5) is 0 Å². The zero-order chi connectivity index (χ0) is 22.2. The van der Waals surface area contributed by atoms with Gasteiger partial charge in [-0.25, -0.2) is 4.98 Å². The molecule has 1 atom stereocenters. The molecule has 0 fully saturated rings. The molecular weight excluding hydrogens is 406 g/mol. The smallest absolute Gasteiger partial charge is 0.259 e. The average molecular weight is 438 g/mol. The Morgan fingerprint density at radius 1 is 1.29 bits per heavy atom. The van der Waals surface area contributed by atoms with E-state index in [9.17, 15) is 9.59 Å². The molecule has 5 nitrogen and oxygen atoms in total. The molecule has 3 aromatic rings. The number of nitrogens with one attached hydrogen (secondary N) is 2. The van der Waals surface area contributed by atoms with Crippen molar-refractivity contribution in [1.29, 1.82) is 0 Å². The van der Waals surface area contributed by atoms with Crippen molar-refractivity contribution in [2.45, 2.75) is 66.3 Å². The van der Waals surface area contributed by atoms with Crippen molar-refractivity contribution in [2.24, 2.45) is 11.3 Å². The summed E-state index contributed by atoms with van der Waals surface area (Å²) in [6, 6.07) is 8.02. The van der Waals surface area contributed by atoms with Crippen molar-refractivity contribution in [3.8, 4) is 0 Å². The van der Waals surface area contributed by atoms with Crippen LogP contribution in [0.25, 0.3) is 10.2 Å². The summed E-state index contributed by atoms with van der Waals surface area (Å²) in [6.45, 7) is 9.44. The second-order valence-electron chi connectivity index (χ2n) is 9.71. The molecule has 0 radical (unpaired) electrons. The van der Waals surface area contributed by atoms with Crippen LogP contribution in [0.1, 0.15) is 61.0 Å². The molecule has 2 heterocycles. The maximum absolute atomic E-state index is 12.8. The highest BCUT2D eigenvalue weighted by atomic mass is 32.1. The van der Waals surface area contributed by atoms with Crippen molar-refractivity contribution >= 4 is 27.5 Å². The SMILES string of the molecule is Cc1ccccc1CNC(=O)CCc1nc2sc3c(c2c(=O)[nH]1)CC[C@H](C(C)(C)C)C3. The minimum atomic E-state index is -0.0629. The molecule has 0 aliphatic heterocycles. The molecule has 0 saturated carbocycles. The highest BCUT2D eigenvalue weighted by molar-refractivity contribution is 7.18. The van der Waals surface area contributed by atoms with E-state index in [0.717, 1.165) is 40.6 Å². The number of aromatic nitrogens is 2. The summed E-state index contributed by atoms with van der Waals surface area (Å²) >= 11 is 1.66. The Hall–Kier alpha value is -2.47. The van der Waals surface area contributed by atoms with Gasteiger partial charge < -0.3 is 10.3 Å². The van der Waals surface area contributed by atoms with Gasteiger partial charge in [0.2, 0.25) is 5.91 Å². The van der Waals surface area contributed by atoms with Gasteiger partial charge >= 0.3 is 0 Å². The van der Waals surface area contributed by atoms with Crippen LogP contribution in [0, 0.1) is 18.3 Å². The summed E-state index contributed by atoms with van der Waals surface area (Å²) in [5.41, 5.74) is 3.67. The third kappa shape index (κ3) is 4.74. The predicted octanol–water partition coefficient (Wildman–Crippen LogP) is 4.69. The van der Waals surface area contributed by atoms with Crippen molar-refractivity contribution < 1.29 is 4.79 Å². The van der Waals surface area contributed by atoms with E-state index in [1.54, 1.807) is 11.3 Å². The minimum absolute atomic E-state index is 0.0375. The number of amides is 1. The molecule has 0 bridgehead atoms. The maximum atomic E-state index is 12.8. The molecule has 0 spiro atoms. The van der Waals surface area contributed by atoms with Gasteiger partial charge in [0.05, 0.1) is 5.39 Å². The van der Waals surface area contributed by atoms with Crippen LogP contribution in [0.5, 0.6) is 0 Å². The fraction of sp³-hybridized carbons (Fsp3) is 0.480. The summed E-state index contributed by atoms with van der Waals surface area (Å²) in [5.74, 6) is 1.18. The van der Waals surface area contributed by atoms with Crippen LogP contribution in [0.3, 0.4) is 0 Å². The number of hydrogen-bond donors (Lipinski definition) is 2. The highest BCUT2D eigenvalue weighted by Crippen LogP contribution is 2.41. The molecule has 0 unspecified atom stereocenters. The highest BCUT2D eigenvalue weighted by Gasteiger charge is 2.31. The van der Waals surface area contributed by atoms with E-state index < -0.39 is 0 Å². The van der Waals surface area contributed by atoms with Gasteiger partial charge in [-0.3, -0.25) is 9.59 Å². The summed E-state index contributed by atoms with van der Waals surface area (Å²) in [7, 11) is 0. The summed E-state index contributed by atoms with van der Waals surface area (Å²) < 4.78 is 0. The number of fused-ring (bicyclic) bond motifs is 3. The Morgan fingerprint density at radius 2 is 2.06 bits per heavy atom. The Kier molecular flexibility index (Phi) is 6.02. The van der Waals surface area contributed by atoms with Gasteiger partial charge in [-0.1, -0.05) is 45.0 Å². The monoisotopic (exact) mass is 437 g/mol. The fourth-order valence-electron chi connectivity index (χ4n) is 4.41. The first-order chi connectivity index (χ1) is 14.7. The molecule has 4 rings (SSSR count). The van der Waals surface area contributed by atoms with E-state index in [4.69, 9.17) is 4.98 Å². The number of thiophene rings is 1. The van der Waals surface area contributed by atoms with Crippen molar-refractivity contribution in [3.05, 3.63) is 62.0 Å². The van der Waals surface area contributed by atoms with Crippen LogP contribution < -0.4 is 10.9 Å². The molecule has 1 aromatic carbocycles. The molecule has 1 amide bonds. The van der Waals surface area contributed by atoms with E-state index in [1.807, 2.05) is 31.2 Å². The number of aryl methyl sites for hydroxylation is 3. The largest absolute Gasteiger partial charge is 0.352 e. The van der Waals surface area contributed by atoms with Gasteiger partial charge in [0.1, 0.15) is 10.7 Å². The number of carbonyl (C=O) groups is 1. The minimum Gasteiger partial charge on any atom is -0.352 e. The molecule has 1 aliphatic carbocycles. The second-order valence-corrected chi connectivity index (χ2v) is 10.8. The Morgan fingerprint density at radius 3 is 2.81 bits per heavy atom. The van der Waals surface area contributed by atoms with E-state index in [1.165, 1.54) is 10.4 Å². The average Bonchev–Trinajstić information content (AvgIpc) is 3.09. The standard InChI is InChI=1S/C25H31N3O2S/c1-15-7-5-6-8-16(15)14-26-21(29)12-11-20-27-23(30)22-18-10-9-17(25(2,3)4)13-19(18)31-24(22)28-20/h5-8,17H,9-14H2,1-4H3,(H,26,29)(H,27,28,30)/t17-/m0/s1. The topological polar surface area (TPSA) is 74.8 Å². The zero-order valence-electron chi connectivity index (χ0n) is 18.8. The van der Waals surface area contributed by atoms with Gasteiger partial charge in [-0.05, 0) is 54.2 Å². The van der Waals surface area contributed by atoms with E-state index in [0.29, 0.717) is 31.1 Å².